The second-order valence-corrected chi connectivity index (χ2v) is 11.6. The van der Waals surface area contributed by atoms with Crippen LogP contribution in [0.15, 0.2) is 60.5 Å². The quantitative estimate of drug-likeness (QED) is 0.396. The van der Waals surface area contributed by atoms with Crippen LogP contribution in [0.1, 0.15) is 38.7 Å². The molecule has 2 aliphatic heterocycles. The van der Waals surface area contributed by atoms with Crippen LogP contribution in [0.25, 0.3) is 0 Å². The molecule has 0 N–H and O–H groups in total. The number of ether oxygens (including phenoxy) is 1. The molecule has 202 valence electrons. The molecule has 0 radical (unpaired) electrons. The number of carbonyl (C=O) groups is 1. The smallest absolute Gasteiger partial charge is 0.225 e. The van der Waals surface area contributed by atoms with Gasteiger partial charge in [-0.3, -0.25) is 4.79 Å². The lowest BCUT2D eigenvalue weighted by Crippen LogP contribution is -2.42. The standard InChI is InChI=1S/C30H36Cl2N4O2/c1-3-21-10-13-33-28(16-21)35-14-11-23(12-15-35)30(37)36-18-26(20(2)38-29-9-8-25(32)17-34-29)27(19-36)22-4-6-24(31)7-5-22/h4-6,8-10,13,16-17,20,23-24,26-27H,3,7,11-12,14-15,18-19H2,1-2H3. The number of pyridine rings is 2. The average Bonchev–Trinajstić information content (AvgIpc) is 3.40. The summed E-state index contributed by atoms with van der Waals surface area (Å²) in [5, 5.41) is 0.606. The molecule has 2 aromatic heterocycles. The number of hydrogen-bond donors (Lipinski definition) is 0. The van der Waals surface area contributed by atoms with Crippen LogP contribution in [0, 0.1) is 17.8 Å². The molecule has 4 heterocycles. The largest absolute Gasteiger partial charge is 0.474 e. The van der Waals surface area contributed by atoms with Gasteiger partial charge in [-0.2, -0.15) is 0 Å². The predicted molar refractivity (Wildman–Crippen MR) is 153 cm³/mol. The zero-order chi connectivity index (χ0) is 26.6. The summed E-state index contributed by atoms with van der Waals surface area (Å²) < 4.78 is 6.25. The first-order valence-electron chi connectivity index (χ1n) is 13.7. The molecule has 3 aliphatic rings. The maximum atomic E-state index is 13.8. The van der Waals surface area contributed by atoms with E-state index in [0.29, 0.717) is 24.0 Å². The van der Waals surface area contributed by atoms with Crippen LogP contribution >= 0.6 is 23.2 Å². The summed E-state index contributed by atoms with van der Waals surface area (Å²) in [5.41, 5.74) is 2.54. The number of likely N-dealkylation sites (tertiary alicyclic amines) is 1. The van der Waals surface area contributed by atoms with Gasteiger partial charge in [-0.1, -0.05) is 36.8 Å². The highest BCUT2D eigenvalue weighted by atomic mass is 35.5. The van der Waals surface area contributed by atoms with Gasteiger partial charge in [0.25, 0.3) is 0 Å². The molecule has 0 saturated carbocycles. The lowest BCUT2D eigenvalue weighted by atomic mass is 9.83. The number of rotatable bonds is 7. The minimum atomic E-state index is -0.117. The predicted octanol–water partition coefficient (Wildman–Crippen LogP) is 5.94. The van der Waals surface area contributed by atoms with Crippen molar-refractivity contribution in [2.45, 2.75) is 51.0 Å². The monoisotopic (exact) mass is 554 g/mol. The summed E-state index contributed by atoms with van der Waals surface area (Å²) in [6.07, 6.45) is 13.3. The Kier molecular flexibility index (Phi) is 8.59. The van der Waals surface area contributed by atoms with Crippen molar-refractivity contribution in [1.29, 1.82) is 0 Å². The van der Waals surface area contributed by atoms with E-state index in [2.05, 4.69) is 64.0 Å². The van der Waals surface area contributed by atoms with Crippen molar-refractivity contribution in [3.05, 3.63) is 71.0 Å². The van der Waals surface area contributed by atoms with Crippen molar-refractivity contribution in [3.63, 3.8) is 0 Å². The van der Waals surface area contributed by atoms with E-state index in [9.17, 15) is 4.79 Å². The van der Waals surface area contributed by atoms with Crippen molar-refractivity contribution < 1.29 is 9.53 Å². The van der Waals surface area contributed by atoms with Crippen LogP contribution in [0.4, 0.5) is 5.82 Å². The molecule has 2 saturated heterocycles. The van der Waals surface area contributed by atoms with Crippen LogP contribution in [0.2, 0.25) is 5.02 Å². The van der Waals surface area contributed by atoms with Gasteiger partial charge in [0, 0.05) is 62.4 Å². The fourth-order valence-corrected chi connectivity index (χ4v) is 6.17. The molecule has 0 aromatic carbocycles. The number of anilines is 1. The maximum Gasteiger partial charge on any atom is 0.225 e. The number of hydrogen-bond acceptors (Lipinski definition) is 5. The highest BCUT2D eigenvalue weighted by molar-refractivity contribution is 6.30. The Balaban J connectivity index is 1.26. The molecule has 4 atom stereocenters. The lowest BCUT2D eigenvalue weighted by molar-refractivity contribution is -0.135. The van der Waals surface area contributed by atoms with E-state index in [0.717, 1.165) is 44.6 Å². The minimum Gasteiger partial charge on any atom is -0.474 e. The van der Waals surface area contributed by atoms with E-state index < -0.39 is 0 Å². The number of amides is 1. The summed E-state index contributed by atoms with van der Waals surface area (Å²) in [6.45, 7) is 7.32. The first-order chi connectivity index (χ1) is 18.4. The molecule has 4 unspecified atom stereocenters. The Bertz CT molecular complexity index is 1180. The van der Waals surface area contributed by atoms with E-state index in [-0.39, 0.29) is 35.1 Å². The van der Waals surface area contributed by atoms with Gasteiger partial charge >= 0.3 is 0 Å². The zero-order valence-electron chi connectivity index (χ0n) is 22.1. The first-order valence-corrected chi connectivity index (χ1v) is 14.5. The Hall–Kier alpha value is -2.57. The van der Waals surface area contributed by atoms with Gasteiger partial charge in [0.15, 0.2) is 0 Å². The number of alkyl halides is 1. The summed E-state index contributed by atoms with van der Waals surface area (Å²) >= 11 is 12.3. The average molecular weight is 556 g/mol. The fourth-order valence-electron chi connectivity index (χ4n) is 5.90. The summed E-state index contributed by atoms with van der Waals surface area (Å²) in [4.78, 5) is 27.0. The maximum absolute atomic E-state index is 13.8. The van der Waals surface area contributed by atoms with Crippen molar-refractivity contribution in [1.82, 2.24) is 14.9 Å². The van der Waals surface area contributed by atoms with Gasteiger partial charge in [-0.15, -0.1) is 11.6 Å². The van der Waals surface area contributed by atoms with Crippen LogP contribution in [-0.2, 0) is 11.2 Å². The number of piperidine rings is 1. The number of halogens is 2. The molecule has 0 bridgehead atoms. The SMILES string of the molecule is CCc1ccnc(N2CCC(C(=O)N3CC(C4=CCC(Cl)C=C4)C(C(C)Oc4ccc(Cl)cn4)C3)CC2)c1. The summed E-state index contributed by atoms with van der Waals surface area (Å²) in [7, 11) is 0. The second-order valence-electron chi connectivity index (χ2n) is 10.6. The van der Waals surface area contributed by atoms with Crippen molar-refractivity contribution in [2.75, 3.05) is 31.1 Å². The number of allylic oxidation sites excluding steroid dienone is 3. The third-order valence-corrected chi connectivity index (χ3v) is 8.72. The van der Waals surface area contributed by atoms with E-state index >= 15 is 0 Å². The minimum absolute atomic E-state index is 0.0287. The Morgan fingerprint density at radius 2 is 2.00 bits per heavy atom. The third kappa shape index (κ3) is 6.18. The normalized spacial score (nSPS) is 24.8. The third-order valence-electron chi connectivity index (χ3n) is 8.18. The molecule has 2 aromatic rings. The number of aryl methyl sites for hydroxylation is 1. The van der Waals surface area contributed by atoms with Crippen molar-refractivity contribution in [3.8, 4) is 5.88 Å². The van der Waals surface area contributed by atoms with Crippen molar-refractivity contribution >= 4 is 34.9 Å². The Morgan fingerprint density at radius 1 is 1.18 bits per heavy atom. The number of carbonyl (C=O) groups excluding carboxylic acids is 1. The molecule has 38 heavy (non-hydrogen) atoms. The van der Waals surface area contributed by atoms with E-state index in [4.69, 9.17) is 27.9 Å². The Labute approximate surface area is 235 Å². The fraction of sp³-hybridized carbons (Fsp3) is 0.500. The van der Waals surface area contributed by atoms with E-state index in [1.54, 1.807) is 18.3 Å². The van der Waals surface area contributed by atoms with E-state index in [1.165, 1.54) is 11.1 Å². The zero-order valence-corrected chi connectivity index (χ0v) is 23.6. The molecule has 0 spiro atoms. The lowest BCUT2D eigenvalue weighted by Gasteiger charge is -2.34. The highest BCUT2D eigenvalue weighted by Crippen LogP contribution is 2.37. The van der Waals surface area contributed by atoms with Gasteiger partial charge in [-0.05, 0) is 61.9 Å². The summed E-state index contributed by atoms with van der Waals surface area (Å²) in [6, 6.07) is 7.82. The van der Waals surface area contributed by atoms with Crippen LogP contribution in [0.5, 0.6) is 5.88 Å². The van der Waals surface area contributed by atoms with Crippen LogP contribution in [-0.4, -0.2) is 58.4 Å². The second kappa shape index (κ2) is 12.1. The summed E-state index contributed by atoms with van der Waals surface area (Å²) in [5.74, 6) is 2.22. The molecular weight excluding hydrogens is 519 g/mol. The van der Waals surface area contributed by atoms with Gasteiger partial charge in [-0.25, -0.2) is 9.97 Å². The van der Waals surface area contributed by atoms with Gasteiger partial charge in [0.2, 0.25) is 11.8 Å². The van der Waals surface area contributed by atoms with Gasteiger partial charge < -0.3 is 14.5 Å². The molecule has 6 nitrogen and oxygen atoms in total. The molecular formula is C30H36Cl2N4O2. The highest BCUT2D eigenvalue weighted by Gasteiger charge is 2.42. The van der Waals surface area contributed by atoms with E-state index in [1.807, 2.05) is 6.20 Å². The van der Waals surface area contributed by atoms with Gasteiger partial charge in [0.1, 0.15) is 11.9 Å². The molecule has 5 rings (SSSR count). The molecule has 8 heteroatoms. The van der Waals surface area contributed by atoms with Gasteiger partial charge in [0.05, 0.1) is 10.4 Å². The molecule has 1 aliphatic carbocycles. The van der Waals surface area contributed by atoms with Crippen LogP contribution < -0.4 is 9.64 Å². The Morgan fingerprint density at radius 3 is 2.68 bits per heavy atom. The van der Waals surface area contributed by atoms with Crippen LogP contribution in [0.3, 0.4) is 0 Å². The topological polar surface area (TPSA) is 58.6 Å². The number of nitrogens with zero attached hydrogens (tertiary/aromatic N) is 4. The first kappa shape index (κ1) is 27.0. The molecule has 1 amide bonds. The number of aromatic nitrogens is 2. The molecule has 2 fully saturated rings. The van der Waals surface area contributed by atoms with Crippen molar-refractivity contribution in [2.24, 2.45) is 17.8 Å².